The van der Waals surface area contributed by atoms with Crippen molar-refractivity contribution in [1.29, 1.82) is 0 Å². The Kier molecular flexibility index (Phi) is 4.95. The highest BCUT2D eigenvalue weighted by Crippen LogP contribution is 2.11. The number of rotatable bonds is 5. The van der Waals surface area contributed by atoms with E-state index < -0.39 is 0 Å². The molecule has 0 radical (unpaired) electrons. The molecule has 88 valence electrons. The Morgan fingerprint density at radius 3 is 2.56 bits per heavy atom. The average Bonchev–Trinajstić information content (AvgIpc) is 2.31. The Morgan fingerprint density at radius 1 is 1.38 bits per heavy atom. The second-order valence-electron chi connectivity index (χ2n) is 3.84. The molecular weight excluding hydrogens is 202 g/mol. The molecule has 0 unspecified atom stereocenters. The minimum Gasteiger partial charge on any atom is -0.302 e. The standard InChI is InChI=1S/C12H19N3O/c1-3-15(2)9-11-7-5-4-6-10(11)8-12(16)14-13/h4-7H,3,8-9,13H2,1-2H3,(H,14,16). The lowest BCUT2D eigenvalue weighted by Crippen LogP contribution is -2.31. The van der Waals surface area contributed by atoms with Crippen molar-refractivity contribution in [3.8, 4) is 0 Å². The number of nitrogens with zero attached hydrogens (tertiary/aromatic N) is 1. The zero-order chi connectivity index (χ0) is 12.0. The molecule has 0 saturated heterocycles. The van der Waals surface area contributed by atoms with Gasteiger partial charge in [0.2, 0.25) is 5.91 Å². The Labute approximate surface area is 96.4 Å². The van der Waals surface area contributed by atoms with E-state index in [-0.39, 0.29) is 5.91 Å². The molecule has 1 aromatic rings. The van der Waals surface area contributed by atoms with Crippen LogP contribution in [0.25, 0.3) is 0 Å². The summed E-state index contributed by atoms with van der Waals surface area (Å²) in [5.41, 5.74) is 4.36. The fourth-order valence-electron chi connectivity index (χ4n) is 1.51. The summed E-state index contributed by atoms with van der Waals surface area (Å²) in [7, 11) is 2.06. The number of hydrazine groups is 1. The van der Waals surface area contributed by atoms with Crippen LogP contribution in [0.1, 0.15) is 18.1 Å². The van der Waals surface area contributed by atoms with E-state index in [1.807, 2.05) is 24.3 Å². The highest BCUT2D eigenvalue weighted by Gasteiger charge is 2.07. The number of nitrogens with two attached hydrogens (primary N) is 1. The van der Waals surface area contributed by atoms with Crippen molar-refractivity contribution in [3.05, 3.63) is 35.4 Å². The van der Waals surface area contributed by atoms with Crippen LogP contribution in [-0.2, 0) is 17.8 Å². The Bertz CT molecular complexity index is 352. The van der Waals surface area contributed by atoms with Crippen LogP contribution in [-0.4, -0.2) is 24.4 Å². The lowest BCUT2D eigenvalue weighted by Gasteiger charge is -2.16. The third kappa shape index (κ3) is 3.64. The molecule has 1 rings (SSSR count). The Morgan fingerprint density at radius 2 is 2.00 bits per heavy atom. The van der Waals surface area contributed by atoms with E-state index in [4.69, 9.17) is 5.84 Å². The quantitative estimate of drug-likeness (QED) is 0.436. The van der Waals surface area contributed by atoms with Crippen LogP contribution in [0.2, 0.25) is 0 Å². The van der Waals surface area contributed by atoms with Crippen LogP contribution in [0.15, 0.2) is 24.3 Å². The SMILES string of the molecule is CCN(C)Cc1ccccc1CC(=O)NN. The number of nitrogens with one attached hydrogen (secondary N) is 1. The van der Waals surface area contributed by atoms with E-state index >= 15 is 0 Å². The molecule has 4 nitrogen and oxygen atoms in total. The molecule has 0 aliphatic rings. The van der Waals surface area contributed by atoms with Crippen LogP contribution in [0.5, 0.6) is 0 Å². The Hall–Kier alpha value is -1.39. The normalized spacial score (nSPS) is 10.5. The van der Waals surface area contributed by atoms with Gasteiger partial charge in [0.25, 0.3) is 0 Å². The first-order valence-electron chi connectivity index (χ1n) is 5.42. The lowest BCUT2D eigenvalue weighted by molar-refractivity contribution is -0.120. The Balaban J connectivity index is 2.79. The summed E-state index contributed by atoms with van der Waals surface area (Å²) >= 11 is 0. The van der Waals surface area contributed by atoms with Crippen molar-refractivity contribution in [2.45, 2.75) is 19.9 Å². The van der Waals surface area contributed by atoms with E-state index in [1.165, 1.54) is 5.56 Å². The fourth-order valence-corrected chi connectivity index (χ4v) is 1.51. The lowest BCUT2D eigenvalue weighted by atomic mass is 10.0. The van der Waals surface area contributed by atoms with E-state index in [0.717, 1.165) is 18.7 Å². The average molecular weight is 221 g/mol. The fraction of sp³-hybridized carbons (Fsp3) is 0.417. The van der Waals surface area contributed by atoms with Gasteiger partial charge >= 0.3 is 0 Å². The summed E-state index contributed by atoms with van der Waals surface area (Å²) in [4.78, 5) is 13.4. The third-order valence-corrected chi connectivity index (χ3v) is 2.61. The number of carbonyl (C=O) groups excluding carboxylic acids is 1. The maximum atomic E-state index is 11.2. The van der Waals surface area contributed by atoms with Gasteiger partial charge in [0, 0.05) is 6.54 Å². The molecule has 16 heavy (non-hydrogen) atoms. The van der Waals surface area contributed by atoms with Crippen molar-refractivity contribution < 1.29 is 4.79 Å². The van der Waals surface area contributed by atoms with Gasteiger partial charge in [-0.3, -0.25) is 10.2 Å². The predicted octanol–water partition coefficient (Wildman–Crippen LogP) is 0.671. The first-order chi connectivity index (χ1) is 7.67. The zero-order valence-electron chi connectivity index (χ0n) is 9.86. The van der Waals surface area contributed by atoms with Gasteiger partial charge in [-0.1, -0.05) is 31.2 Å². The summed E-state index contributed by atoms with van der Waals surface area (Å²) < 4.78 is 0. The molecule has 0 aliphatic carbocycles. The molecule has 0 bridgehead atoms. The largest absolute Gasteiger partial charge is 0.302 e. The molecule has 3 N–H and O–H groups in total. The van der Waals surface area contributed by atoms with Gasteiger partial charge in [-0.2, -0.15) is 0 Å². The maximum Gasteiger partial charge on any atom is 0.238 e. The minimum absolute atomic E-state index is 0.161. The summed E-state index contributed by atoms with van der Waals surface area (Å²) in [5, 5.41) is 0. The number of amides is 1. The van der Waals surface area contributed by atoms with E-state index in [0.29, 0.717) is 6.42 Å². The molecule has 0 aromatic heterocycles. The molecule has 4 heteroatoms. The first-order valence-corrected chi connectivity index (χ1v) is 5.42. The van der Waals surface area contributed by atoms with Crippen LogP contribution < -0.4 is 11.3 Å². The van der Waals surface area contributed by atoms with Crippen LogP contribution >= 0.6 is 0 Å². The second-order valence-corrected chi connectivity index (χ2v) is 3.84. The maximum absolute atomic E-state index is 11.2. The van der Waals surface area contributed by atoms with Gasteiger partial charge < -0.3 is 4.90 Å². The van der Waals surface area contributed by atoms with Gasteiger partial charge in [-0.05, 0) is 24.7 Å². The molecule has 0 atom stereocenters. The van der Waals surface area contributed by atoms with Crippen molar-refractivity contribution in [1.82, 2.24) is 10.3 Å². The van der Waals surface area contributed by atoms with Gasteiger partial charge in [0.05, 0.1) is 6.42 Å². The molecular formula is C12H19N3O. The van der Waals surface area contributed by atoms with Crippen LogP contribution in [0.4, 0.5) is 0 Å². The van der Waals surface area contributed by atoms with Crippen molar-refractivity contribution in [3.63, 3.8) is 0 Å². The molecule has 0 heterocycles. The zero-order valence-corrected chi connectivity index (χ0v) is 9.86. The van der Waals surface area contributed by atoms with Gasteiger partial charge in [-0.25, -0.2) is 5.84 Å². The van der Waals surface area contributed by atoms with E-state index in [9.17, 15) is 4.79 Å². The third-order valence-electron chi connectivity index (χ3n) is 2.61. The second kappa shape index (κ2) is 6.25. The summed E-state index contributed by atoms with van der Waals surface area (Å²) in [5.74, 6) is 4.93. The highest BCUT2D eigenvalue weighted by atomic mass is 16.2. The summed E-state index contributed by atoms with van der Waals surface area (Å²) in [6, 6.07) is 7.94. The van der Waals surface area contributed by atoms with Crippen molar-refractivity contribution in [2.75, 3.05) is 13.6 Å². The number of hydrogen-bond donors (Lipinski definition) is 2. The molecule has 0 fully saturated rings. The number of hydrogen-bond acceptors (Lipinski definition) is 3. The first kappa shape index (κ1) is 12.7. The number of benzene rings is 1. The molecule has 1 aromatic carbocycles. The summed E-state index contributed by atoms with van der Waals surface area (Å²) in [6.45, 7) is 3.94. The van der Waals surface area contributed by atoms with E-state index in [2.05, 4.69) is 24.3 Å². The molecule has 0 saturated carbocycles. The van der Waals surface area contributed by atoms with E-state index in [1.54, 1.807) is 0 Å². The van der Waals surface area contributed by atoms with Crippen LogP contribution in [0.3, 0.4) is 0 Å². The predicted molar refractivity (Wildman–Crippen MR) is 64.5 cm³/mol. The topological polar surface area (TPSA) is 58.4 Å². The smallest absolute Gasteiger partial charge is 0.238 e. The minimum atomic E-state index is -0.161. The molecule has 0 spiro atoms. The van der Waals surface area contributed by atoms with Crippen molar-refractivity contribution >= 4 is 5.91 Å². The van der Waals surface area contributed by atoms with Crippen molar-refractivity contribution in [2.24, 2.45) is 5.84 Å². The highest BCUT2D eigenvalue weighted by molar-refractivity contribution is 5.78. The van der Waals surface area contributed by atoms with Crippen LogP contribution in [0, 0.1) is 0 Å². The molecule has 0 aliphatic heterocycles. The van der Waals surface area contributed by atoms with Gasteiger partial charge in [0.15, 0.2) is 0 Å². The van der Waals surface area contributed by atoms with Gasteiger partial charge in [0.1, 0.15) is 0 Å². The summed E-state index contributed by atoms with van der Waals surface area (Å²) in [6.07, 6.45) is 0.338. The number of carbonyl (C=O) groups is 1. The monoisotopic (exact) mass is 221 g/mol. The van der Waals surface area contributed by atoms with Gasteiger partial charge in [-0.15, -0.1) is 0 Å². The molecule has 1 amide bonds.